The lowest BCUT2D eigenvalue weighted by atomic mass is 10.1. The molecule has 0 unspecified atom stereocenters. The first kappa shape index (κ1) is 20.0. The molecular weight excluding hydrogens is 444 g/mol. The van der Waals surface area contributed by atoms with Crippen molar-refractivity contribution in [1.82, 2.24) is 19.9 Å². The molecule has 0 amide bonds. The molecule has 8 nitrogen and oxygen atoms in total. The van der Waals surface area contributed by atoms with Gasteiger partial charge in [-0.25, -0.2) is 33.1 Å². The molecule has 0 saturated heterocycles. The van der Waals surface area contributed by atoms with E-state index < -0.39 is 10.0 Å². The summed E-state index contributed by atoms with van der Waals surface area (Å²) < 4.78 is 27.5. The number of sulfonamides is 1. The molecule has 3 aromatic heterocycles. The third-order valence-electron chi connectivity index (χ3n) is 4.67. The van der Waals surface area contributed by atoms with Gasteiger partial charge in [0.05, 0.1) is 10.3 Å². The van der Waals surface area contributed by atoms with Gasteiger partial charge in [-0.2, -0.15) is 0 Å². The number of rotatable bonds is 6. The SMILES string of the molecule is O=S(=O)(Nc1ncccn1)c1ccc(Nc2ncnc3scc(-c4ccccc4)c23)cc1. The van der Waals surface area contributed by atoms with Crippen molar-refractivity contribution in [3.63, 3.8) is 0 Å². The number of aromatic nitrogens is 4. The van der Waals surface area contributed by atoms with Gasteiger partial charge < -0.3 is 5.32 Å². The van der Waals surface area contributed by atoms with Crippen LogP contribution in [0.5, 0.6) is 0 Å². The van der Waals surface area contributed by atoms with Crippen LogP contribution in [0.1, 0.15) is 0 Å². The third kappa shape index (κ3) is 4.01. The van der Waals surface area contributed by atoms with E-state index in [4.69, 9.17) is 0 Å². The fourth-order valence-corrected chi connectivity index (χ4v) is 5.06. The molecule has 3 heterocycles. The number of benzene rings is 2. The summed E-state index contributed by atoms with van der Waals surface area (Å²) >= 11 is 1.55. The quantitative estimate of drug-likeness (QED) is 0.378. The van der Waals surface area contributed by atoms with E-state index in [1.807, 2.05) is 30.3 Å². The van der Waals surface area contributed by atoms with Crippen LogP contribution < -0.4 is 10.0 Å². The molecule has 0 atom stereocenters. The molecule has 0 aliphatic rings. The van der Waals surface area contributed by atoms with E-state index in [9.17, 15) is 8.42 Å². The fraction of sp³-hybridized carbons (Fsp3) is 0. The van der Waals surface area contributed by atoms with Gasteiger partial charge in [0, 0.05) is 29.0 Å². The summed E-state index contributed by atoms with van der Waals surface area (Å²) in [6.07, 6.45) is 4.45. The highest BCUT2D eigenvalue weighted by atomic mass is 32.2. The van der Waals surface area contributed by atoms with Crippen LogP contribution in [0.2, 0.25) is 0 Å². The Morgan fingerprint density at radius 3 is 2.31 bits per heavy atom. The number of thiophene rings is 1. The molecule has 0 spiro atoms. The number of fused-ring (bicyclic) bond motifs is 1. The molecule has 5 rings (SSSR count). The van der Waals surface area contributed by atoms with Gasteiger partial charge in [-0.3, -0.25) is 0 Å². The summed E-state index contributed by atoms with van der Waals surface area (Å²) in [7, 11) is -3.80. The first-order valence-electron chi connectivity index (χ1n) is 9.55. The summed E-state index contributed by atoms with van der Waals surface area (Å²) in [5, 5.41) is 6.27. The molecule has 0 radical (unpaired) electrons. The Bertz CT molecular complexity index is 1470. The summed E-state index contributed by atoms with van der Waals surface area (Å²) in [4.78, 5) is 17.6. The van der Waals surface area contributed by atoms with Gasteiger partial charge in [-0.15, -0.1) is 11.3 Å². The Labute approximate surface area is 188 Å². The van der Waals surface area contributed by atoms with Crippen molar-refractivity contribution in [2.45, 2.75) is 4.90 Å². The zero-order valence-corrected chi connectivity index (χ0v) is 18.1. The van der Waals surface area contributed by atoms with E-state index in [2.05, 4.69) is 35.4 Å². The second-order valence-corrected chi connectivity index (χ2v) is 9.29. The zero-order chi connectivity index (χ0) is 22.0. The maximum atomic E-state index is 12.6. The summed E-state index contributed by atoms with van der Waals surface area (Å²) in [6.45, 7) is 0. The van der Waals surface area contributed by atoms with Gasteiger partial charge in [-0.05, 0) is 35.9 Å². The third-order valence-corrected chi connectivity index (χ3v) is 6.90. The van der Waals surface area contributed by atoms with Crippen LogP contribution >= 0.6 is 11.3 Å². The number of hydrogen-bond acceptors (Lipinski definition) is 8. The van der Waals surface area contributed by atoms with Gasteiger partial charge in [0.15, 0.2) is 0 Å². The van der Waals surface area contributed by atoms with Crippen LogP contribution in [0.4, 0.5) is 17.5 Å². The van der Waals surface area contributed by atoms with Crippen molar-refractivity contribution in [1.29, 1.82) is 0 Å². The molecule has 10 heteroatoms. The predicted octanol–water partition coefficient (Wildman–Crippen LogP) is 4.69. The van der Waals surface area contributed by atoms with Crippen molar-refractivity contribution in [3.05, 3.63) is 84.8 Å². The highest BCUT2D eigenvalue weighted by Crippen LogP contribution is 2.37. The van der Waals surface area contributed by atoms with Crippen LogP contribution in [0.25, 0.3) is 21.3 Å². The van der Waals surface area contributed by atoms with E-state index in [0.29, 0.717) is 11.5 Å². The molecule has 158 valence electrons. The second-order valence-electron chi connectivity index (χ2n) is 6.75. The summed E-state index contributed by atoms with van der Waals surface area (Å²) in [6, 6.07) is 18.0. The van der Waals surface area contributed by atoms with Gasteiger partial charge in [-0.1, -0.05) is 30.3 Å². The molecule has 0 aliphatic heterocycles. The molecule has 5 aromatic rings. The Morgan fingerprint density at radius 1 is 0.812 bits per heavy atom. The van der Waals surface area contributed by atoms with Gasteiger partial charge in [0.2, 0.25) is 5.95 Å². The highest BCUT2D eigenvalue weighted by Gasteiger charge is 2.16. The zero-order valence-electron chi connectivity index (χ0n) is 16.5. The second kappa shape index (κ2) is 8.33. The number of hydrogen-bond donors (Lipinski definition) is 2. The van der Waals surface area contributed by atoms with Crippen molar-refractivity contribution < 1.29 is 8.42 Å². The minimum Gasteiger partial charge on any atom is -0.340 e. The van der Waals surface area contributed by atoms with Gasteiger partial charge in [0.25, 0.3) is 10.0 Å². The van der Waals surface area contributed by atoms with Crippen LogP contribution in [0.3, 0.4) is 0 Å². The average Bonchev–Trinajstić information content (AvgIpc) is 3.26. The Kier molecular flexibility index (Phi) is 5.21. The molecule has 2 N–H and O–H groups in total. The Hall–Kier alpha value is -3.89. The lowest BCUT2D eigenvalue weighted by molar-refractivity contribution is 0.601. The Morgan fingerprint density at radius 2 is 1.56 bits per heavy atom. The average molecular weight is 461 g/mol. The largest absolute Gasteiger partial charge is 0.340 e. The minimum absolute atomic E-state index is 0.0176. The predicted molar refractivity (Wildman–Crippen MR) is 125 cm³/mol. The number of anilines is 3. The smallest absolute Gasteiger partial charge is 0.264 e. The number of nitrogens with one attached hydrogen (secondary N) is 2. The Balaban J connectivity index is 1.43. The molecular formula is C22H16N6O2S2. The maximum Gasteiger partial charge on any atom is 0.264 e. The first-order valence-corrected chi connectivity index (χ1v) is 11.9. The van der Waals surface area contributed by atoms with Crippen LogP contribution in [-0.2, 0) is 10.0 Å². The molecule has 0 saturated carbocycles. The maximum absolute atomic E-state index is 12.6. The van der Waals surface area contributed by atoms with E-state index >= 15 is 0 Å². The monoisotopic (exact) mass is 460 g/mol. The molecule has 0 bridgehead atoms. The summed E-state index contributed by atoms with van der Waals surface area (Å²) in [5.41, 5.74) is 2.82. The van der Waals surface area contributed by atoms with Crippen molar-refractivity contribution in [3.8, 4) is 11.1 Å². The van der Waals surface area contributed by atoms with Gasteiger partial charge in [0.1, 0.15) is 17.0 Å². The standard InChI is InChI=1S/C22H16N6O2S2/c29-32(30,28-22-23-11-4-12-24-22)17-9-7-16(8-10-17)27-20-19-18(15-5-2-1-3-6-15)13-31-21(19)26-14-25-20/h1-14H,(H,23,24,28)(H,25,26,27). The molecule has 0 aliphatic carbocycles. The number of nitrogens with zero attached hydrogens (tertiary/aromatic N) is 4. The first-order chi connectivity index (χ1) is 15.6. The van der Waals surface area contributed by atoms with E-state index in [0.717, 1.165) is 21.3 Å². The summed E-state index contributed by atoms with van der Waals surface area (Å²) in [5.74, 6) is 0.672. The minimum atomic E-state index is -3.80. The highest BCUT2D eigenvalue weighted by molar-refractivity contribution is 7.92. The van der Waals surface area contributed by atoms with Gasteiger partial charge >= 0.3 is 0 Å². The van der Waals surface area contributed by atoms with E-state index in [1.165, 1.54) is 30.9 Å². The fourth-order valence-electron chi connectivity index (χ4n) is 3.19. The molecule has 0 fully saturated rings. The van der Waals surface area contributed by atoms with Crippen molar-refractivity contribution >= 4 is 49.0 Å². The van der Waals surface area contributed by atoms with Crippen LogP contribution in [-0.4, -0.2) is 28.4 Å². The van der Waals surface area contributed by atoms with E-state index in [1.54, 1.807) is 29.5 Å². The van der Waals surface area contributed by atoms with Crippen LogP contribution in [0.15, 0.2) is 89.7 Å². The normalized spacial score (nSPS) is 11.4. The molecule has 32 heavy (non-hydrogen) atoms. The van der Waals surface area contributed by atoms with E-state index in [-0.39, 0.29) is 10.8 Å². The van der Waals surface area contributed by atoms with Crippen molar-refractivity contribution in [2.75, 3.05) is 10.0 Å². The lowest BCUT2D eigenvalue weighted by Crippen LogP contribution is -2.14. The van der Waals surface area contributed by atoms with Crippen LogP contribution in [0, 0.1) is 0 Å². The van der Waals surface area contributed by atoms with Crippen molar-refractivity contribution in [2.24, 2.45) is 0 Å². The topological polar surface area (TPSA) is 110 Å². The lowest BCUT2D eigenvalue weighted by Gasteiger charge is -2.10. The molecule has 2 aromatic carbocycles.